The number of hydrogen-bond donors (Lipinski definition) is 1. The van der Waals surface area contributed by atoms with E-state index >= 15 is 0 Å². The van der Waals surface area contributed by atoms with E-state index in [0.717, 1.165) is 44.9 Å². The van der Waals surface area contributed by atoms with Gasteiger partial charge in [0.1, 0.15) is 5.75 Å². The third-order valence-electron chi connectivity index (χ3n) is 5.19. The summed E-state index contributed by atoms with van der Waals surface area (Å²) >= 11 is 0. The molecule has 2 fully saturated rings. The number of hydrogen-bond acceptors (Lipinski definition) is 4. The lowest BCUT2D eigenvalue weighted by molar-refractivity contribution is -0.124. The van der Waals surface area contributed by atoms with Crippen LogP contribution in [0.25, 0.3) is 0 Å². The van der Waals surface area contributed by atoms with E-state index in [2.05, 4.69) is 10.2 Å². The van der Waals surface area contributed by atoms with E-state index in [-0.39, 0.29) is 30.5 Å². The average molecular weight is 369 g/mol. The van der Waals surface area contributed by atoms with Crippen LogP contribution in [0, 0.1) is 0 Å². The summed E-state index contributed by atoms with van der Waals surface area (Å²) in [7, 11) is 0. The van der Waals surface area contributed by atoms with Gasteiger partial charge in [-0.15, -0.1) is 12.4 Å². The second-order valence-corrected chi connectivity index (χ2v) is 6.76. The molecule has 1 N–H and O–H groups in total. The zero-order valence-corrected chi connectivity index (χ0v) is 15.6. The molecule has 2 aliphatic rings. The molecule has 1 aliphatic carbocycles. The second kappa shape index (κ2) is 10.00. The van der Waals surface area contributed by atoms with Crippen LogP contribution < -0.4 is 10.1 Å². The number of rotatable bonds is 6. The fourth-order valence-electron chi connectivity index (χ4n) is 3.83. The maximum Gasteiger partial charge on any atom is 0.258 e. The van der Waals surface area contributed by atoms with Crippen molar-refractivity contribution in [2.75, 3.05) is 39.5 Å². The molecule has 3 rings (SSSR count). The van der Waals surface area contributed by atoms with Gasteiger partial charge in [-0.05, 0) is 25.0 Å². The molecule has 0 bridgehead atoms. The number of halogens is 1. The van der Waals surface area contributed by atoms with E-state index in [1.54, 1.807) is 0 Å². The molecule has 5 nitrogen and oxygen atoms in total. The van der Waals surface area contributed by atoms with Crippen molar-refractivity contribution in [3.63, 3.8) is 0 Å². The Kier molecular flexibility index (Phi) is 8.00. The molecule has 1 aliphatic heterocycles. The van der Waals surface area contributed by atoms with Crippen molar-refractivity contribution in [1.82, 2.24) is 10.2 Å². The molecule has 0 radical (unpaired) electrons. The molecule has 0 unspecified atom stereocenters. The molecule has 25 heavy (non-hydrogen) atoms. The molecule has 1 aromatic carbocycles. The van der Waals surface area contributed by atoms with Crippen molar-refractivity contribution < 1.29 is 14.3 Å². The Bertz CT molecular complexity index is 515. The third-order valence-corrected chi connectivity index (χ3v) is 5.19. The van der Waals surface area contributed by atoms with Crippen LogP contribution in [0.1, 0.15) is 32.1 Å². The van der Waals surface area contributed by atoms with Gasteiger partial charge >= 0.3 is 0 Å². The Morgan fingerprint density at radius 1 is 1.12 bits per heavy atom. The molecule has 1 heterocycles. The molecule has 1 saturated heterocycles. The minimum Gasteiger partial charge on any atom is -0.484 e. The Hall–Kier alpha value is -1.30. The van der Waals surface area contributed by atoms with E-state index in [1.165, 1.54) is 19.3 Å². The Morgan fingerprint density at radius 3 is 2.48 bits per heavy atom. The first-order valence-electron chi connectivity index (χ1n) is 9.06. The van der Waals surface area contributed by atoms with Crippen molar-refractivity contribution in [3.05, 3.63) is 30.3 Å². The summed E-state index contributed by atoms with van der Waals surface area (Å²) in [4.78, 5) is 14.7. The third kappa shape index (κ3) is 5.59. The highest BCUT2D eigenvalue weighted by atomic mass is 35.5. The molecule has 0 atom stereocenters. The number of nitrogens with zero attached hydrogens (tertiary/aromatic N) is 1. The quantitative estimate of drug-likeness (QED) is 0.838. The van der Waals surface area contributed by atoms with Crippen LogP contribution in [0.5, 0.6) is 5.75 Å². The van der Waals surface area contributed by atoms with Crippen LogP contribution >= 0.6 is 12.4 Å². The fourth-order valence-corrected chi connectivity index (χ4v) is 3.83. The van der Waals surface area contributed by atoms with Crippen LogP contribution in [-0.4, -0.2) is 55.8 Å². The topological polar surface area (TPSA) is 50.8 Å². The standard InChI is InChI=1S/C19H28N2O3.ClH/c22-18(15-24-17-7-3-1-4-8-17)20-16-19(9-5-2-6-10-19)21-11-13-23-14-12-21;/h1,3-4,7-8H,2,5-6,9-16H2,(H,20,22);1H. The molecule has 1 aromatic rings. The van der Waals surface area contributed by atoms with Crippen molar-refractivity contribution in [3.8, 4) is 5.75 Å². The monoisotopic (exact) mass is 368 g/mol. The van der Waals surface area contributed by atoms with E-state index in [0.29, 0.717) is 6.54 Å². The predicted octanol–water partition coefficient (Wildman–Crippen LogP) is 2.64. The van der Waals surface area contributed by atoms with Crippen LogP contribution in [0.4, 0.5) is 0 Å². The number of morpholine rings is 1. The van der Waals surface area contributed by atoms with Crippen LogP contribution in [0.2, 0.25) is 0 Å². The number of para-hydroxylation sites is 1. The summed E-state index contributed by atoms with van der Waals surface area (Å²) in [5.74, 6) is 0.685. The lowest BCUT2D eigenvalue weighted by Gasteiger charge is -2.48. The zero-order valence-electron chi connectivity index (χ0n) is 14.7. The molecular formula is C19H29ClN2O3. The normalized spacial score (nSPS) is 20.3. The van der Waals surface area contributed by atoms with Gasteiger partial charge in [-0.1, -0.05) is 37.5 Å². The summed E-state index contributed by atoms with van der Waals surface area (Å²) in [6.07, 6.45) is 6.11. The van der Waals surface area contributed by atoms with Gasteiger partial charge in [-0.2, -0.15) is 0 Å². The van der Waals surface area contributed by atoms with Crippen LogP contribution in [0.3, 0.4) is 0 Å². The van der Waals surface area contributed by atoms with Gasteiger partial charge in [0, 0.05) is 25.2 Å². The highest BCUT2D eigenvalue weighted by Gasteiger charge is 2.38. The summed E-state index contributed by atoms with van der Waals surface area (Å²) in [5, 5.41) is 3.11. The molecule has 6 heteroatoms. The summed E-state index contributed by atoms with van der Waals surface area (Å²) in [6.45, 7) is 4.32. The van der Waals surface area contributed by atoms with Gasteiger partial charge in [0.05, 0.1) is 13.2 Å². The van der Waals surface area contributed by atoms with E-state index in [4.69, 9.17) is 9.47 Å². The Morgan fingerprint density at radius 2 is 1.80 bits per heavy atom. The van der Waals surface area contributed by atoms with E-state index < -0.39 is 0 Å². The summed E-state index contributed by atoms with van der Waals surface area (Å²) in [6, 6.07) is 9.47. The fraction of sp³-hybridized carbons (Fsp3) is 0.632. The van der Waals surface area contributed by atoms with Crippen molar-refractivity contribution in [1.29, 1.82) is 0 Å². The highest BCUT2D eigenvalue weighted by molar-refractivity contribution is 5.85. The number of amides is 1. The molecule has 0 spiro atoms. The summed E-state index contributed by atoms with van der Waals surface area (Å²) in [5.41, 5.74) is 0.102. The van der Waals surface area contributed by atoms with Gasteiger partial charge in [0.2, 0.25) is 0 Å². The van der Waals surface area contributed by atoms with Crippen molar-refractivity contribution in [2.24, 2.45) is 0 Å². The molecular weight excluding hydrogens is 340 g/mol. The number of carbonyl (C=O) groups excluding carboxylic acids is 1. The smallest absolute Gasteiger partial charge is 0.258 e. The highest BCUT2D eigenvalue weighted by Crippen LogP contribution is 2.33. The first-order valence-corrected chi connectivity index (χ1v) is 9.06. The number of ether oxygens (including phenoxy) is 2. The lowest BCUT2D eigenvalue weighted by atomic mass is 9.79. The second-order valence-electron chi connectivity index (χ2n) is 6.76. The Labute approximate surface area is 156 Å². The summed E-state index contributed by atoms with van der Waals surface area (Å²) < 4.78 is 11.0. The minimum absolute atomic E-state index is 0. The van der Waals surface area contributed by atoms with Crippen molar-refractivity contribution >= 4 is 18.3 Å². The number of carbonyl (C=O) groups is 1. The van der Waals surface area contributed by atoms with Crippen LogP contribution in [0.15, 0.2) is 30.3 Å². The maximum atomic E-state index is 12.2. The molecule has 140 valence electrons. The largest absolute Gasteiger partial charge is 0.484 e. The molecule has 1 amide bonds. The maximum absolute atomic E-state index is 12.2. The van der Waals surface area contributed by atoms with Crippen LogP contribution in [-0.2, 0) is 9.53 Å². The van der Waals surface area contributed by atoms with E-state index in [9.17, 15) is 4.79 Å². The molecule has 0 aromatic heterocycles. The van der Waals surface area contributed by atoms with Gasteiger partial charge in [0.25, 0.3) is 5.91 Å². The van der Waals surface area contributed by atoms with E-state index in [1.807, 2.05) is 30.3 Å². The number of benzene rings is 1. The predicted molar refractivity (Wildman–Crippen MR) is 100 cm³/mol. The first-order chi connectivity index (χ1) is 11.8. The van der Waals surface area contributed by atoms with Gasteiger partial charge in [0.15, 0.2) is 6.61 Å². The molecule has 1 saturated carbocycles. The van der Waals surface area contributed by atoms with Gasteiger partial charge < -0.3 is 14.8 Å². The van der Waals surface area contributed by atoms with Crippen molar-refractivity contribution in [2.45, 2.75) is 37.6 Å². The lowest BCUT2D eigenvalue weighted by Crippen LogP contribution is -2.60. The van der Waals surface area contributed by atoms with Gasteiger partial charge in [-0.3, -0.25) is 9.69 Å². The minimum atomic E-state index is -0.0444. The van der Waals surface area contributed by atoms with Gasteiger partial charge in [-0.25, -0.2) is 0 Å². The number of nitrogens with one attached hydrogen (secondary N) is 1. The SMILES string of the molecule is Cl.O=C(COc1ccccc1)NCC1(N2CCOCC2)CCCCC1. The first kappa shape index (κ1) is 20.0. The Balaban J connectivity index is 0.00000225. The zero-order chi connectivity index (χ0) is 16.7. The average Bonchev–Trinajstić information content (AvgIpc) is 2.67.